The van der Waals surface area contributed by atoms with E-state index < -0.39 is 0 Å². The third-order valence-corrected chi connectivity index (χ3v) is 4.92. The van der Waals surface area contributed by atoms with Crippen LogP contribution in [-0.2, 0) is 6.42 Å². The number of benzene rings is 1. The van der Waals surface area contributed by atoms with Crippen molar-refractivity contribution in [2.24, 2.45) is 0 Å². The molecule has 0 aromatic heterocycles. The first-order valence-corrected chi connectivity index (χ1v) is 7.76. The Kier molecular flexibility index (Phi) is 3.51. The van der Waals surface area contributed by atoms with Gasteiger partial charge in [0.25, 0.3) is 0 Å². The molecule has 0 amide bonds. The molecule has 0 spiro atoms. The van der Waals surface area contributed by atoms with Gasteiger partial charge in [0, 0.05) is 37.8 Å². The van der Waals surface area contributed by atoms with Crippen LogP contribution in [0.5, 0.6) is 5.75 Å². The average molecular weight is 274 g/mol. The zero-order valence-electron chi connectivity index (χ0n) is 12.9. The highest BCUT2D eigenvalue weighted by Gasteiger charge is 2.33. The van der Waals surface area contributed by atoms with Gasteiger partial charge >= 0.3 is 0 Å². The zero-order chi connectivity index (χ0) is 14.3. The van der Waals surface area contributed by atoms with Crippen molar-refractivity contribution in [1.29, 1.82) is 0 Å². The fourth-order valence-electron chi connectivity index (χ4n) is 3.70. The smallest absolute Gasteiger partial charge is 0.119 e. The standard InChI is InChI=1S/C17H26N2O/c1-17(2,3)19-11-9-18(10-12-19)15-8-7-14-13(15)5-4-6-16(14)20/h4-6,15,20H,7-12H2,1-3H3. The average Bonchev–Trinajstić information content (AvgIpc) is 2.83. The van der Waals surface area contributed by atoms with Gasteiger partial charge in [0.2, 0.25) is 0 Å². The molecule has 3 heteroatoms. The first kappa shape index (κ1) is 13.9. The fourth-order valence-corrected chi connectivity index (χ4v) is 3.70. The Hall–Kier alpha value is -1.06. The molecule has 110 valence electrons. The van der Waals surface area contributed by atoms with Gasteiger partial charge in [-0.2, -0.15) is 0 Å². The summed E-state index contributed by atoms with van der Waals surface area (Å²) in [5.74, 6) is 0.485. The Morgan fingerprint density at radius 3 is 2.45 bits per heavy atom. The molecule has 0 saturated carbocycles. The van der Waals surface area contributed by atoms with E-state index in [-0.39, 0.29) is 5.54 Å². The summed E-state index contributed by atoms with van der Waals surface area (Å²) in [4.78, 5) is 5.18. The number of rotatable bonds is 1. The molecule has 1 atom stereocenters. The van der Waals surface area contributed by atoms with E-state index in [1.165, 1.54) is 11.1 Å². The number of piperazine rings is 1. The molecule has 2 aliphatic rings. The molecule has 1 aliphatic heterocycles. The number of hydrogen-bond acceptors (Lipinski definition) is 3. The molecule has 0 radical (unpaired) electrons. The minimum atomic E-state index is 0.276. The molecular weight excluding hydrogens is 248 g/mol. The summed E-state index contributed by atoms with van der Waals surface area (Å²) in [7, 11) is 0. The predicted octanol–water partition coefficient (Wildman–Crippen LogP) is 2.80. The van der Waals surface area contributed by atoms with Crippen molar-refractivity contribution in [3.05, 3.63) is 29.3 Å². The van der Waals surface area contributed by atoms with Crippen LogP contribution in [0.25, 0.3) is 0 Å². The summed E-state index contributed by atoms with van der Waals surface area (Å²) in [5, 5.41) is 9.97. The maximum atomic E-state index is 9.97. The summed E-state index contributed by atoms with van der Waals surface area (Å²) >= 11 is 0. The second-order valence-corrected chi connectivity index (χ2v) is 7.09. The SMILES string of the molecule is CC(C)(C)N1CCN(C2CCc3c(O)cccc32)CC1. The van der Waals surface area contributed by atoms with E-state index in [4.69, 9.17) is 0 Å². The largest absolute Gasteiger partial charge is 0.508 e. The lowest BCUT2D eigenvalue weighted by Crippen LogP contribution is -2.53. The Labute approximate surface area is 122 Å². The van der Waals surface area contributed by atoms with Crippen LogP contribution >= 0.6 is 0 Å². The van der Waals surface area contributed by atoms with Gasteiger partial charge in [-0.3, -0.25) is 9.80 Å². The highest BCUT2D eigenvalue weighted by atomic mass is 16.3. The van der Waals surface area contributed by atoms with E-state index in [9.17, 15) is 5.11 Å². The Morgan fingerprint density at radius 2 is 1.80 bits per heavy atom. The molecule has 3 nitrogen and oxygen atoms in total. The van der Waals surface area contributed by atoms with Crippen molar-refractivity contribution < 1.29 is 5.11 Å². The monoisotopic (exact) mass is 274 g/mol. The lowest BCUT2D eigenvalue weighted by atomic mass is 10.0. The third-order valence-electron chi connectivity index (χ3n) is 4.92. The van der Waals surface area contributed by atoms with Crippen molar-refractivity contribution in [2.75, 3.05) is 26.2 Å². The van der Waals surface area contributed by atoms with E-state index in [2.05, 4.69) is 36.6 Å². The number of nitrogens with zero attached hydrogens (tertiary/aromatic N) is 2. The van der Waals surface area contributed by atoms with Gasteiger partial charge in [-0.05, 0) is 50.8 Å². The van der Waals surface area contributed by atoms with Crippen LogP contribution in [0, 0.1) is 0 Å². The molecular formula is C17H26N2O. The van der Waals surface area contributed by atoms with E-state index in [1.54, 1.807) is 0 Å². The minimum Gasteiger partial charge on any atom is -0.508 e. The summed E-state index contributed by atoms with van der Waals surface area (Å²) in [6.45, 7) is 11.5. The lowest BCUT2D eigenvalue weighted by molar-refractivity contribution is 0.0419. The number of phenols is 1. The number of hydrogen-bond donors (Lipinski definition) is 1. The van der Waals surface area contributed by atoms with Crippen molar-refractivity contribution in [2.45, 2.75) is 45.2 Å². The van der Waals surface area contributed by atoms with Gasteiger partial charge in [-0.1, -0.05) is 12.1 Å². The van der Waals surface area contributed by atoms with Gasteiger partial charge in [-0.25, -0.2) is 0 Å². The Morgan fingerprint density at radius 1 is 1.10 bits per heavy atom. The van der Waals surface area contributed by atoms with Crippen LogP contribution in [0.4, 0.5) is 0 Å². The molecule has 1 saturated heterocycles. The zero-order valence-corrected chi connectivity index (χ0v) is 12.9. The van der Waals surface area contributed by atoms with Gasteiger partial charge in [0.15, 0.2) is 0 Å². The number of fused-ring (bicyclic) bond motifs is 1. The Balaban J connectivity index is 1.71. The molecule has 1 aliphatic carbocycles. The van der Waals surface area contributed by atoms with Crippen LogP contribution < -0.4 is 0 Å². The van der Waals surface area contributed by atoms with Crippen LogP contribution in [-0.4, -0.2) is 46.6 Å². The van der Waals surface area contributed by atoms with E-state index in [0.717, 1.165) is 39.0 Å². The van der Waals surface area contributed by atoms with E-state index in [1.807, 2.05) is 12.1 Å². The second-order valence-electron chi connectivity index (χ2n) is 7.09. The maximum Gasteiger partial charge on any atom is 0.119 e. The molecule has 1 fully saturated rings. The third kappa shape index (κ3) is 2.45. The summed E-state index contributed by atoms with van der Waals surface area (Å²) in [6, 6.07) is 6.51. The van der Waals surface area contributed by atoms with E-state index in [0.29, 0.717) is 11.8 Å². The first-order chi connectivity index (χ1) is 9.47. The van der Waals surface area contributed by atoms with Crippen molar-refractivity contribution in [1.82, 2.24) is 9.80 Å². The molecule has 20 heavy (non-hydrogen) atoms. The number of aromatic hydroxyl groups is 1. The van der Waals surface area contributed by atoms with Crippen LogP contribution in [0.2, 0.25) is 0 Å². The quantitative estimate of drug-likeness (QED) is 0.853. The highest BCUT2D eigenvalue weighted by molar-refractivity contribution is 5.44. The van der Waals surface area contributed by atoms with Gasteiger partial charge < -0.3 is 5.11 Å². The Bertz CT molecular complexity index is 484. The number of phenolic OH excluding ortho intramolecular Hbond substituents is 1. The van der Waals surface area contributed by atoms with Gasteiger partial charge in [0.05, 0.1) is 0 Å². The van der Waals surface area contributed by atoms with Gasteiger partial charge in [-0.15, -0.1) is 0 Å². The van der Waals surface area contributed by atoms with Crippen molar-refractivity contribution in [3.8, 4) is 5.75 Å². The summed E-state index contributed by atoms with van der Waals surface area (Å²) in [6.07, 6.45) is 2.18. The topological polar surface area (TPSA) is 26.7 Å². The molecule has 0 bridgehead atoms. The van der Waals surface area contributed by atoms with E-state index >= 15 is 0 Å². The molecule has 1 N–H and O–H groups in total. The molecule has 1 heterocycles. The molecule has 1 aromatic carbocycles. The van der Waals surface area contributed by atoms with Crippen LogP contribution in [0.1, 0.15) is 44.4 Å². The summed E-state index contributed by atoms with van der Waals surface area (Å²) in [5.41, 5.74) is 2.81. The van der Waals surface area contributed by atoms with Crippen molar-refractivity contribution >= 4 is 0 Å². The molecule has 3 rings (SSSR count). The van der Waals surface area contributed by atoms with Crippen molar-refractivity contribution in [3.63, 3.8) is 0 Å². The highest BCUT2D eigenvalue weighted by Crippen LogP contribution is 2.40. The predicted molar refractivity (Wildman–Crippen MR) is 82.1 cm³/mol. The molecule has 1 unspecified atom stereocenters. The minimum absolute atomic E-state index is 0.276. The fraction of sp³-hybridized carbons (Fsp3) is 0.647. The molecule has 1 aromatic rings. The summed E-state index contributed by atoms with van der Waals surface area (Å²) < 4.78 is 0. The lowest BCUT2D eigenvalue weighted by Gasteiger charge is -2.44. The maximum absolute atomic E-state index is 9.97. The van der Waals surface area contributed by atoms with Crippen LogP contribution in [0.15, 0.2) is 18.2 Å². The second kappa shape index (κ2) is 5.05. The van der Waals surface area contributed by atoms with Crippen LogP contribution in [0.3, 0.4) is 0 Å². The van der Waals surface area contributed by atoms with Gasteiger partial charge in [0.1, 0.15) is 5.75 Å². The first-order valence-electron chi connectivity index (χ1n) is 7.76. The normalized spacial score (nSPS) is 24.9.